The van der Waals surface area contributed by atoms with Gasteiger partial charge in [-0.05, 0) is 43.2 Å². The summed E-state index contributed by atoms with van der Waals surface area (Å²) in [5, 5.41) is 15.4. The summed E-state index contributed by atoms with van der Waals surface area (Å²) in [6.07, 6.45) is 4.27. The Morgan fingerprint density at radius 2 is 2.09 bits per heavy atom. The number of hydrogen-bond acceptors (Lipinski definition) is 2. The summed E-state index contributed by atoms with van der Waals surface area (Å²) >= 11 is 0. The van der Waals surface area contributed by atoms with Crippen LogP contribution < -0.4 is 10.6 Å². The Kier molecular flexibility index (Phi) is 4.62. The minimum absolute atomic E-state index is 0.0221. The molecule has 1 aromatic carbocycles. The molecule has 2 amide bonds. The number of aliphatic hydroxyl groups excluding tert-OH is 1. The first kappa shape index (κ1) is 15.3. The number of amides is 2. The minimum atomic E-state index is -0.225. The second-order valence-electron chi connectivity index (χ2n) is 6.51. The van der Waals surface area contributed by atoms with E-state index in [9.17, 15) is 14.3 Å². The number of carbonyl (C=O) groups excluding carboxylic acids is 1. The third-order valence-corrected chi connectivity index (χ3v) is 4.72. The second-order valence-corrected chi connectivity index (χ2v) is 6.51. The molecule has 22 heavy (non-hydrogen) atoms. The highest BCUT2D eigenvalue weighted by atomic mass is 19.1. The van der Waals surface area contributed by atoms with E-state index in [0.717, 1.165) is 32.1 Å². The maximum Gasteiger partial charge on any atom is 0.315 e. The average molecular weight is 306 g/mol. The molecule has 5 heteroatoms. The molecule has 1 aromatic rings. The van der Waals surface area contributed by atoms with Gasteiger partial charge in [-0.1, -0.05) is 24.6 Å². The summed E-state index contributed by atoms with van der Waals surface area (Å²) < 4.78 is 13.7. The van der Waals surface area contributed by atoms with Crippen molar-refractivity contribution in [1.82, 2.24) is 10.6 Å². The Labute approximate surface area is 130 Å². The van der Waals surface area contributed by atoms with E-state index < -0.39 is 0 Å². The predicted molar refractivity (Wildman–Crippen MR) is 82.0 cm³/mol. The predicted octanol–water partition coefficient (Wildman–Crippen LogP) is 2.53. The fraction of sp³-hybridized carbons (Fsp3) is 0.588. The summed E-state index contributed by atoms with van der Waals surface area (Å²) in [6.45, 7) is 0.597. The van der Waals surface area contributed by atoms with Crippen LogP contribution in [0.5, 0.6) is 0 Å². The molecule has 0 saturated heterocycles. The molecule has 0 heterocycles. The first-order valence-corrected chi connectivity index (χ1v) is 8.10. The standard InChI is InChI=1S/C17H23FN2O2/c18-15-7-2-1-6-13(15)14-9-16(14)20-17(22)19-10-11-4-3-5-12(21)8-11/h1-2,6-7,11-12,14,16,21H,3-5,8-10H2,(H2,19,20,22). The first-order valence-electron chi connectivity index (χ1n) is 8.10. The van der Waals surface area contributed by atoms with Crippen LogP contribution in [0, 0.1) is 11.7 Å². The highest BCUT2D eigenvalue weighted by Crippen LogP contribution is 2.41. The molecule has 2 aliphatic carbocycles. The lowest BCUT2D eigenvalue weighted by molar-refractivity contribution is 0.101. The van der Waals surface area contributed by atoms with Crippen molar-refractivity contribution in [2.45, 2.75) is 50.2 Å². The number of benzene rings is 1. The van der Waals surface area contributed by atoms with Crippen molar-refractivity contribution in [1.29, 1.82) is 0 Å². The molecular weight excluding hydrogens is 283 g/mol. The van der Waals surface area contributed by atoms with Gasteiger partial charge in [0.2, 0.25) is 0 Å². The van der Waals surface area contributed by atoms with Crippen LogP contribution in [0.3, 0.4) is 0 Å². The molecule has 3 rings (SSSR count). The largest absolute Gasteiger partial charge is 0.393 e. The molecule has 2 fully saturated rings. The zero-order valence-corrected chi connectivity index (χ0v) is 12.6. The number of aliphatic hydroxyl groups is 1. The summed E-state index contributed by atoms with van der Waals surface area (Å²) in [7, 11) is 0. The maximum atomic E-state index is 13.7. The van der Waals surface area contributed by atoms with E-state index in [-0.39, 0.29) is 29.9 Å². The van der Waals surface area contributed by atoms with Crippen LogP contribution in [0.4, 0.5) is 9.18 Å². The zero-order valence-electron chi connectivity index (χ0n) is 12.6. The van der Waals surface area contributed by atoms with Gasteiger partial charge in [0.15, 0.2) is 0 Å². The van der Waals surface area contributed by atoms with E-state index in [4.69, 9.17) is 0 Å². The third kappa shape index (κ3) is 3.77. The molecule has 2 aliphatic rings. The van der Waals surface area contributed by atoms with E-state index in [1.165, 1.54) is 6.07 Å². The monoisotopic (exact) mass is 306 g/mol. The van der Waals surface area contributed by atoms with Gasteiger partial charge in [-0.15, -0.1) is 0 Å². The van der Waals surface area contributed by atoms with Gasteiger partial charge in [0.25, 0.3) is 0 Å². The molecule has 0 aromatic heterocycles. The summed E-state index contributed by atoms with van der Waals surface area (Å²) in [5.41, 5.74) is 0.684. The SMILES string of the molecule is O=C(NCC1CCCC(O)C1)NC1CC1c1ccccc1F. The van der Waals surface area contributed by atoms with Crippen LogP contribution in [0.25, 0.3) is 0 Å². The van der Waals surface area contributed by atoms with Gasteiger partial charge >= 0.3 is 6.03 Å². The van der Waals surface area contributed by atoms with Gasteiger partial charge in [-0.3, -0.25) is 0 Å². The van der Waals surface area contributed by atoms with Gasteiger partial charge in [-0.25, -0.2) is 9.18 Å². The van der Waals surface area contributed by atoms with Crippen molar-refractivity contribution in [2.75, 3.05) is 6.54 Å². The van der Waals surface area contributed by atoms with Crippen molar-refractivity contribution < 1.29 is 14.3 Å². The lowest BCUT2D eigenvalue weighted by Gasteiger charge is -2.25. The van der Waals surface area contributed by atoms with Gasteiger partial charge in [0, 0.05) is 18.5 Å². The van der Waals surface area contributed by atoms with Gasteiger partial charge in [0.1, 0.15) is 5.82 Å². The van der Waals surface area contributed by atoms with E-state index in [2.05, 4.69) is 10.6 Å². The second kappa shape index (κ2) is 6.65. The Balaban J connectivity index is 1.41. The molecular formula is C17H23FN2O2. The molecule has 3 N–H and O–H groups in total. The maximum absolute atomic E-state index is 13.7. The average Bonchev–Trinajstić information content (AvgIpc) is 3.24. The van der Waals surface area contributed by atoms with Gasteiger partial charge < -0.3 is 15.7 Å². The van der Waals surface area contributed by atoms with Gasteiger partial charge in [-0.2, -0.15) is 0 Å². The van der Waals surface area contributed by atoms with Crippen molar-refractivity contribution in [3.05, 3.63) is 35.6 Å². The summed E-state index contributed by atoms with van der Waals surface area (Å²) in [5.74, 6) is 0.243. The molecule has 0 spiro atoms. The van der Waals surface area contributed by atoms with Crippen LogP contribution in [-0.4, -0.2) is 29.8 Å². The normalized spacial score (nSPS) is 30.6. The number of nitrogens with one attached hydrogen (secondary N) is 2. The van der Waals surface area contributed by atoms with Crippen molar-refractivity contribution in [3.63, 3.8) is 0 Å². The fourth-order valence-corrected chi connectivity index (χ4v) is 3.38. The Morgan fingerprint density at radius 3 is 2.86 bits per heavy atom. The van der Waals surface area contributed by atoms with E-state index in [0.29, 0.717) is 18.0 Å². The molecule has 2 saturated carbocycles. The van der Waals surface area contributed by atoms with Gasteiger partial charge in [0.05, 0.1) is 6.10 Å². The molecule has 120 valence electrons. The van der Waals surface area contributed by atoms with Crippen molar-refractivity contribution in [2.24, 2.45) is 5.92 Å². The van der Waals surface area contributed by atoms with E-state index in [1.807, 2.05) is 6.07 Å². The van der Waals surface area contributed by atoms with Crippen LogP contribution in [0.2, 0.25) is 0 Å². The summed E-state index contributed by atoms with van der Waals surface area (Å²) in [4.78, 5) is 11.9. The van der Waals surface area contributed by atoms with Crippen molar-refractivity contribution in [3.8, 4) is 0 Å². The van der Waals surface area contributed by atoms with Crippen molar-refractivity contribution >= 4 is 6.03 Å². The van der Waals surface area contributed by atoms with E-state index >= 15 is 0 Å². The number of rotatable bonds is 4. The van der Waals surface area contributed by atoms with Crippen LogP contribution in [0.15, 0.2) is 24.3 Å². The molecule has 0 aliphatic heterocycles. The lowest BCUT2D eigenvalue weighted by atomic mass is 9.87. The van der Waals surface area contributed by atoms with E-state index in [1.54, 1.807) is 12.1 Å². The number of halogens is 1. The molecule has 4 atom stereocenters. The highest BCUT2D eigenvalue weighted by Gasteiger charge is 2.41. The molecule has 4 nitrogen and oxygen atoms in total. The Hall–Kier alpha value is -1.62. The van der Waals surface area contributed by atoms with Crippen LogP contribution >= 0.6 is 0 Å². The topological polar surface area (TPSA) is 61.4 Å². The van der Waals surface area contributed by atoms with Crippen LogP contribution in [0.1, 0.15) is 43.6 Å². The minimum Gasteiger partial charge on any atom is -0.393 e. The number of urea groups is 1. The zero-order chi connectivity index (χ0) is 15.5. The quantitative estimate of drug-likeness (QED) is 0.800. The van der Waals surface area contributed by atoms with Crippen LogP contribution in [-0.2, 0) is 0 Å². The Morgan fingerprint density at radius 1 is 1.27 bits per heavy atom. The molecule has 0 radical (unpaired) electrons. The lowest BCUT2D eigenvalue weighted by Crippen LogP contribution is -2.40. The molecule has 4 unspecified atom stereocenters. The Bertz CT molecular complexity index is 537. The fourth-order valence-electron chi connectivity index (χ4n) is 3.38. The smallest absolute Gasteiger partial charge is 0.315 e. The number of hydrogen-bond donors (Lipinski definition) is 3. The third-order valence-electron chi connectivity index (χ3n) is 4.72. The molecule has 0 bridgehead atoms. The summed E-state index contributed by atoms with van der Waals surface area (Å²) in [6, 6.07) is 6.57. The highest BCUT2D eigenvalue weighted by molar-refractivity contribution is 5.74. The first-order chi connectivity index (χ1) is 10.6. The number of carbonyl (C=O) groups is 1.